The van der Waals surface area contributed by atoms with Crippen molar-refractivity contribution in [3.63, 3.8) is 0 Å². The predicted molar refractivity (Wildman–Crippen MR) is 76.1 cm³/mol. The molecule has 1 aromatic heterocycles. The summed E-state index contributed by atoms with van der Waals surface area (Å²) in [7, 11) is 0. The van der Waals surface area contributed by atoms with Gasteiger partial charge in [-0.05, 0) is 18.9 Å². The average Bonchev–Trinajstić information content (AvgIpc) is 2.87. The van der Waals surface area contributed by atoms with Gasteiger partial charge in [-0.3, -0.25) is 0 Å². The summed E-state index contributed by atoms with van der Waals surface area (Å²) in [6, 6.07) is 0. The number of imidazole rings is 1. The van der Waals surface area contributed by atoms with E-state index in [1.165, 1.54) is 0 Å². The molecule has 0 fully saturated rings. The lowest BCUT2D eigenvalue weighted by atomic mass is 10.2. The molecule has 108 valence electrons. The fourth-order valence-electron chi connectivity index (χ4n) is 2.03. The number of oxime groups is 1. The van der Waals surface area contributed by atoms with Crippen LogP contribution in [0.5, 0.6) is 0 Å². The van der Waals surface area contributed by atoms with Gasteiger partial charge in [0.15, 0.2) is 0 Å². The molecular weight excluding hydrogens is 242 g/mol. The number of aryl methyl sites for hydroxylation is 1. The van der Waals surface area contributed by atoms with Gasteiger partial charge in [-0.25, -0.2) is 4.98 Å². The quantitative estimate of drug-likeness (QED) is 0.306. The van der Waals surface area contributed by atoms with E-state index in [1.807, 2.05) is 12.5 Å². The fourth-order valence-corrected chi connectivity index (χ4v) is 2.03. The lowest BCUT2D eigenvalue weighted by Crippen LogP contribution is -2.32. The summed E-state index contributed by atoms with van der Waals surface area (Å²) < 4.78 is 2.08. The van der Waals surface area contributed by atoms with Crippen LogP contribution in [0.25, 0.3) is 0 Å². The molecule has 3 N–H and O–H groups in total. The maximum Gasteiger partial charge on any atom is 0.140 e. The first-order valence-electron chi connectivity index (χ1n) is 6.76. The zero-order valence-corrected chi connectivity index (χ0v) is 11.9. The van der Waals surface area contributed by atoms with Crippen molar-refractivity contribution in [2.75, 3.05) is 19.6 Å². The number of rotatable bonds is 9. The molecule has 6 nitrogen and oxygen atoms in total. The van der Waals surface area contributed by atoms with Crippen LogP contribution in [0, 0.1) is 5.92 Å². The Morgan fingerprint density at radius 3 is 2.84 bits per heavy atom. The molecule has 0 spiro atoms. The Balaban J connectivity index is 2.31. The van der Waals surface area contributed by atoms with E-state index in [4.69, 9.17) is 10.9 Å². The molecule has 0 radical (unpaired) electrons. The molecule has 0 saturated heterocycles. The average molecular weight is 267 g/mol. The Bertz CT molecular complexity index is 361. The van der Waals surface area contributed by atoms with Crippen molar-refractivity contribution >= 4 is 5.84 Å². The van der Waals surface area contributed by atoms with Crippen LogP contribution < -0.4 is 5.73 Å². The second kappa shape index (κ2) is 8.53. The molecule has 0 aliphatic rings. The molecule has 0 unspecified atom stereocenters. The summed E-state index contributed by atoms with van der Waals surface area (Å²) in [5, 5.41) is 11.6. The van der Waals surface area contributed by atoms with Crippen LogP contribution in [0.4, 0.5) is 0 Å². The van der Waals surface area contributed by atoms with Gasteiger partial charge in [-0.1, -0.05) is 19.0 Å². The molecule has 0 saturated carbocycles. The fraction of sp³-hybridized carbons (Fsp3) is 0.692. The summed E-state index contributed by atoms with van der Waals surface area (Å²) in [5.74, 6) is 0.906. The van der Waals surface area contributed by atoms with E-state index in [9.17, 15) is 0 Å². The maximum absolute atomic E-state index is 8.56. The summed E-state index contributed by atoms with van der Waals surface area (Å²) in [6.07, 6.45) is 7.28. The SMILES string of the molecule is CC(C)CN(CCCn1ccnc1)CCC(N)=NO. The third kappa shape index (κ3) is 6.81. The number of nitrogens with two attached hydrogens (primary N) is 1. The largest absolute Gasteiger partial charge is 0.409 e. The molecule has 6 heteroatoms. The highest BCUT2D eigenvalue weighted by molar-refractivity contribution is 5.79. The van der Waals surface area contributed by atoms with Crippen LogP contribution in [-0.4, -0.2) is 45.1 Å². The number of nitrogens with zero attached hydrogens (tertiary/aromatic N) is 4. The second-order valence-electron chi connectivity index (χ2n) is 5.19. The van der Waals surface area contributed by atoms with Gasteiger partial charge in [0.25, 0.3) is 0 Å². The first-order valence-corrected chi connectivity index (χ1v) is 6.76. The predicted octanol–water partition coefficient (Wildman–Crippen LogP) is 1.37. The molecule has 0 atom stereocenters. The molecule has 0 amide bonds. The lowest BCUT2D eigenvalue weighted by molar-refractivity contribution is 0.242. The van der Waals surface area contributed by atoms with Gasteiger partial charge in [-0.15, -0.1) is 0 Å². The van der Waals surface area contributed by atoms with E-state index in [0.29, 0.717) is 18.2 Å². The normalized spacial score (nSPS) is 12.5. The molecular formula is C13H25N5O. The van der Waals surface area contributed by atoms with Gasteiger partial charge < -0.3 is 20.4 Å². The Kier molecular flexibility index (Phi) is 6.95. The highest BCUT2D eigenvalue weighted by Crippen LogP contribution is 2.02. The standard InChI is InChI=1S/C13H25N5O/c1-12(2)10-17(8-4-13(14)16-19)6-3-7-18-9-5-15-11-18/h5,9,11-12,19H,3-4,6-8,10H2,1-2H3,(H2,14,16). The van der Waals surface area contributed by atoms with Crippen molar-refractivity contribution in [1.82, 2.24) is 14.5 Å². The minimum atomic E-state index is 0.295. The van der Waals surface area contributed by atoms with Crippen LogP contribution in [-0.2, 0) is 6.54 Å². The second-order valence-corrected chi connectivity index (χ2v) is 5.19. The van der Waals surface area contributed by atoms with Crippen molar-refractivity contribution in [2.24, 2.45) is 16.8 Å². The van der Waals surface area contributed by atoms with E-state index < -0.39 is 0 Å². The summed E-state index contributed by atoms with van der Waals surface area (Å²) >= 11 is 0. The van der Waals surface area contributed by atoms with Crippen molar-refractivity contribution in [3.8, 4) is 0 Å². The molecule has 0 aliphatic carbocycles. The molecule has 0 bridgehead atoms. The van der Waals surface area contributed by atoms with E-state index in [-0.39, 0.29) is 0 Å². The molecule has 0 aliphatic heterocycles. The van der Waals surface area contributed by atoms with Gasteiger partial charge >= 0.3 is 0 Å². The van der Waals surface area contributed by atoms with Gasteiger partial charge in [0.2, 0.25) is 0 Å². The summed E-state index contributed by atoms with van der Waals surface area (Å²) in [4.78, 5) is 6.39. The molecule has 1 heterocycles. The number of hydrogen-bond acceptors (Lipinski definition) is 4. The third-order valence-corrected chi connectivity index (χ3v) is 2.89. The van der Waals surface area contributed by atoms with E-state index in [0.717, 1.165) is 32.6 Å². The summed E-state index contributed by atoms with van der Waals surface area (Å²) in [5.41, 5.74) is 5.52. The number of amidine groups is 1. The molecule has 19 heavy (non-hydrogen) atoms. The monoisotopic (exact) mass is 267 g/mol. The van der Waals surface area contributed by atoms with Crippen molar-refractivity contribution in [3.05, 3.63) is 18.7 Å². The zero-order valence-electron chi connectivity index (χ0n) is 11.9. The van der Waals surface area contributed by atoms with Crippen LogP contribution in [0.15, 0.2) is 23.9 Å². The molecule has 1 rings (SSSR count). The minimum absolute atomic E-state index is 0.295. The smallest absolute Gasteiger partial charge is 0.140 e. The highest BCUT2D eigenvalue weighted by atomic mass is 16.4. The Morgan fingerprint density at radius 1 is 1.47 bits per heavy atom. The highest BCUT2D eigenvalue weighted by Gasteiger charge is 2.08. The van der Waals surface area contributed by atoms with Crippen LogP contribution >= 0.6 is 0 Å². The van der Waals surface area contributed by atoms with E-state index >= 15 is 0 Å². The van der Waals surface area contributed by atoms with Gasteiger partial charge in [0, 0.05) is 38.4 Å². The number of aromatic nitrogens is 2. The molecule has 1 aromatic rings. The first kappa shape index (κ1) is 15.5. The van der Waals surface area contributed by atoms with Crippen LogP contribution in [0.3, 0.4) is 0 Å². The molecule has 0 aromatic carbocycles. The topological polar surface area (TPSA) is 79.7 Å². The Morgan fingerprint density at radius 2 is 2.26 bits per heavy atom. The maximum atomic E-state index is 8.56. The minimum Gasteiger partial charge on any atom is -0.409 e. The lowest BCUT2D eigenvalue weighted by Gasteiger charge is -2.24. The van der Waals surface area contributed by atoms with Crippen molar-refractivity contribution in [2.45, 2.75) is 33.2 Å². The van der Waals surface area contributed by atoms with Crippen LogP contribution in [0.1, 0.15) is 26.7 Å². The van der Waals surface area contributed by atoms with Crippen molar-refractivity contribution in [1.29, 1.82) is 0 Å². The number of hydrogen-bond donors (Lipinski definition) is 2. The third-order valence-electron chi connectivity index (χ3n) is 2.89. The Hall–Kier alpha value is -1.56. The van der Waals surface area contributed by atoms with Gasteiger partial charge in [-0.2, -0.15) is 0 Å². The van der Waals surface area contributed by atoms with Gasteiger partial charge in [0.1, 0.15) is 5.84 Å². The van der Waals surface area contributed by atoms with Crippen molar-refractivity contribution < 1.29 is 5.21 Å². The first-order chi connectivity index (χ1) is 9.11. The Labute approximate surface area is 114 Å². The van der Waals surface area contributed by atoms with E-state index in [1.54, 1.807) is 6.20 Å². The summed E-state index contributed by atoms with van der Waals surface area (Å²) in [6.45, 7) is 8.24. The van der Waals surface area contributed by atoms with Gasteiger partial charge in [0.05, 0.1) is 6.33 Å². The van der Waals surface area contributed by atoms with Crippen LogP contribution in [0.2, 0.25) is 0 Å². The van der Waals surface area contributed by atoms with E-state index in [2.05, 4.69) is 33.5 Å². The zero-order chi connectivity index (χ0) is 14.1.